The van der Waals surface area contributed by atoms with Gasteiger partial charge in [0.15, 0.2) is 0 Å². The van der Waals surface area contributed by atoms with Crippen LogP contribution in [0, 0.1) is 0 Å². The topological polar surface area (TPSA) is 18.5 Å². The highest BCUT2D eigenvalue weighted by molar-refractivity contribution is 4.56. The molecule has 0 aliphatic heterocycles. The monoisotopic (exact) mass is 230 g/mol. The average Bonchev–Trinajstić information content (AvgIpc) is 2.31. The van der Waals surface area contributed by atoms with E-state index in [4.69, 9.17) is 9.47 Å². The minimum Gasteiger partial charge on any atom is -0.379 e. The summed E-state index contributed by atoms with van der Waals surface area (Å²) in [6.45, 7) is 10.5. The lowest BCUT2D eigenvalue weighted by Crippen LogP contribution is -2.15. The van der Waals surface area contributed by atoms with Gasteiger partial charge in [0, 0.05) is 13.2 Å². The van der Waals surface area contributed by atoms with E-state index in [2.05, 4.69) is 27.7 Å². The van der Waals surface area contributed by atoms with E-state index >= 15 is 0 Å². The van der Waals surface area contributed by atoms with Crippen LogP contribution in [0.4, 0.5) is 0 Å². The fourth-order valence-corrected chi connectivity index (χ4v) is 1.51. The van der Waals surface area contributed by atoms with Crippen LogP contribution in [-0.2, 0) is 9.47 Å². The number of ether oxygens (including phenoxy) is 2. The van der Waals surface area contributed by atoms with Crippen molar-refractivity contribution in [3.8, 4) is 0 Å². The van der Waals surface area contributed by atoms with E-state index in [1.807, 2.05) is 0 Å². The molecule has 0 aromatic rings. The zero-order chi connectivity index (χ0) is 12.2. The van der Waals surface area contributed by atoms with E-state index in [-0.39, 0.29) is 0 Å². The number of rotatable bonds is 11. The Morgan fingerprint density at radius 2 is 1.56 bits per heavy atom. The molecule has 0 saturated carbocycles. The molecule has 98 valence electrons. The summed E-state index contributed by atoms with van der Waals surface area (Å²) in [5.41, 5.74) is 0. The van der Waals surface area contributed by atoms with Gasteiger partial charge < -0.3 is 9.47 Å². The molecule has 2 heteroatoms. The Labute approximate surface area is 102 Å². The van der Waals surface area contributed by atoms with Crippen molar-refractivity contribution in [1.29, 1.82) is 0 Å². The van der Waals surface area contributed by atoms with Crippen LogP contribution in [0.25, 0.3) is 0 Å². The second-order valence-corrected chi connectivity index (χ2v) is 4.49. The molecular formula is C14H30O2. The van der Waals surface area contributed by atoms with Gasteiger partial charge in [-0.3, -0.25) is 0 Å². The van der Waals surface area contributed by atoms with Gasteiger partial charge in [0.05, 0.1) is 12.2 Å². The van der Waals surface area contributed by atoms with Crippen LogP contribution in [-0.4, -0.2) is 25.4 Å². The Morgan fingerprint density at radius 3 is 2.12 bits per heavy atom. The predicted octanol–water partition coefficient (Wildman–Crippen LogP) is 4.18. The molecule has 2 unspecified atom stereocenters. The Bertz CT molecular complexity index is 137. The Hall–Kier alpha value is -0.0800. The summed E-state index contributed by atoms with van der Waals surface area (Å²) in [5.74, 6) is 0. The molecule has 0 fully saturated rings. The Balaban J connectivity index is 3.40. The summed E-state index contributed by atoms with van der Waals surface area (Å²) < 4.78 is 11.5. The summed E-state index contributed by atoms with van der Waals surface area (Å²) in [5, 5.41) is 0. The summed E-state index contributed by atoms with van der Waals surface area (Å²) in [6, 6.07) is 0. The van der Waals surface area contributed by atoms with Crippen LogP contribution in [0.1, 0.15) is 66.2 Å². The first-order chi connectivity index (χ1) is 7.74. The standard InChI is InChI=1S/C14H30O2/c1-5-8-11-16-14(7-3)10-9-12-15-13(4)6-2/h13-14H,5-12H2,1-4H3. The summed E-state index contributed by atoms with van der Waals surface area (Å²) in [4.78, 5) is 0. The van der Waals surface area contributed by atoms with Crippen LogP contribution in [0.2, 0.25) is 0 Å². The van der Waals surface area contributed by atoms with Crippen molar-refractivity contribution < 1.29 is 9.47 Å². The molecule has 0 aliphatic rings. The second kappa shape index (κ2) is 11.4. The van der Waals surface area contributed by atoms with E-state index in [0.717, 1.165) is 38.9 Å². The third-order valence-corrected chi connectivity index (χ3v) is 2.95. The largest absolute Gasteiger partial charge is 0.379 e. The lowest BCUT2D eigenvalue weighted by molar-refractivity contribution is 0.0225. The molecule has 0 heterocycles. The summed E-state index contributed by atoms with van der Waals surface area (Å²) >= 11 is 0. The van der Waals surface area contributed by atoms with Gasteiger partial charge in [-0.2, -0.15) is 0 Å². The highest BCUT2D eigenvalue weighted by Crippen LogP contribution is 2.09. The van der Waals surface area contributed by atoms with Crippen molar-refractivity contribution in [2.45, 2.75) is 78.4 Å². The SMILES string of the molecule is CCCCOC(CC)CCCOC(C)CC. The molecule has 0 amide bonds. The zero-order valence-corrected chi connectivity index (χ0v) is 11.6. The van der Waals surface area contributed by atoms with Crippen molar-refractivity contribution in [2.24, 2.45) is 0 Å². The molecule has 2 nitrogen and oxygen atoms in total. The third kappa shape index (κ3) is 9.17. The van der Waals surface area contributed by atoms with E-state index in [1.165, 1.54) is 12.8 Å². The van der Waals surface area contributed by atoms with Crippen molar-refractivity contribution in [1.82, 2.24) is 0 Å². The normalized spacial score (nSPS) is 15.0. The van der Waals surface area contributed by atoms with E-state index in [9.17, 15) is 0 Å². The molecule has 0 spiro atoms. The minimum atomic E-state index is 0.404. The molecule has 0 aromatic carbocycles. The predicted molar refractivity (Wildman–Crippen MR) is 69.9 cm³/mol. The molecule has 0 bridgehead atoms. The lowest BCUT2D eigenvalue weighted by atomic mass is 10.1. The van der Waals surface area contributed by atoms with Gasteiger partial charge in [-0.1, -0.05) is 27.2 Å². The maximum absolute atomic E-state index is 5.81. The first kappa shape index (κ1) is 15.9. The molecule has 0 aliphatic carbocycles. The maximum atomic E-state index is 5.81. The van der Waals surface area contributed by atoms with Crippen molar-refractivity contribution >= 4 is 0 Å². The van der Waals surface area contributed by atoms with Crippen molar-refractivity contribution in [3.63, 3.8) is 0 Å². The van der Waals surface area contributed by atoms with Crippen molar-refractivity contribution in [2.75, 3.05) is 13.2 Å². The molecule has 0 radical (unpaired) electrons. The summed E-state index contributed by atoms with van der Waals surface area (Å²) in [6.07, 6.45) is 7.71. The fourth-order valence-electron chi connectivity index (χ4n) is 1.51. The van der Waals surface area contributed by atoms with E-state index < -0.39 is 0 Å². The molecular weight excluding hydrogens is 200 g/mol. The molecule has 2 atom stereocenters. The van der Waals surface area contributed by atoms with Crippen molar-refractivity contribution in [3.05, 3.63) is 0 Å². The van der Waals surface area contributed by atoms with E-state index in [1.54, 1.807) is 0 Å². The van der Waals surface area contributed by atoms with Crippen LogP contribution in [0.5, 0.6) is 0 Å². The first-order valence-electron chi connectivity index (χ1n) is 6.97. The van der Waals surface area contributed by atoms with Gasteiger partial charge >= 0.3 is 0 Å². The molecule has 0 N–H and O–H groups in total. The fraction of sp³-hybridized carbons (Fsp3) is 1.00. The summed E-state index contributed by atoms with van der Waals surface area (Å²) in [7, 11) is 0. The number of hydrogen-bond acceptors (Lipinski definition) is 2. The van der Waals surface area contributed by atoms with Crippen LogP contribution in [0.15, 0.2) is 0 Å². The van der Waals surface area contributed by atoms with E-state index in [0.29, 0.717) is 12.2 Å². The van der Waals surface area contributed by atoms with Gasteiger partial charge in [-0.05, 0) is 39.0 Å². The van der Waals surface area contributed by atoms with Crippen LogP contribution in [0.3, 0.4) is 0 Å². The highest BCUT2D eigenvalue weighted by Gasteiger charge is 2.06. The third-order valence-electron chi connectivity index (χ3n) is 2.95. The molecule has 0 saturated heterocycles. The smallest absolute Gasteiger partial charge is 0.0573 e. The second-order valence-electron chi connectivity index (χ2n) is 4.49. The first-order valence-corrected chi connectivity index (χ1v) is 6.97. The zero-order valence-electron chi connectivity index (χ0n) is 11.6. The lowest BCUT2D eigenvalue weighted by Gasteiger charge is -2.16. The van der Waals surface area contributed by atoms with Gasteiger partial charge in [-0.15, -0.1) is 0 Å². The number of unbranched alkanes of at least 4 members (excludes halogenated alkanes) is 1. The quantitative estimate of drug-likeness (QED) is 0.496. The maximum Gasteiger partial charge on any atom is 0.0573 e. The van der Waals surface area contributed by atoms with Crippen LogP contribution >= 0.6 is 0 Å². The molecule has 0 rings (SSSR count). The Kier molecular flexibility index (Phi) is 11.3. The van der Waals surface area contributed by atoms with Gasteiger partial charge in [0.1, 0.15) is 0 Å². The van der Waals surface area contributed by atoms with Gasteiger partial charge in [0.2, 0.25) is 0 Å². The van der Waals surface area contributed by atoms with Crippen LogP contribution < -0.4 is 0 Å². The molecule has 16 heavy (non-hydrogen) atoms. The van der Waals surface area contributed by atoms with Gasteiger partial charge in [0.25, 0.3) is 0 Å². The average molecular weight is 230 g/mol. The van der Waals surface area contributed by atoms with Gasteiger partial charge in [-0.25, -0.2) is 0 Å². The minimum absolute atomic E-state index is 0.404. The Morgan fingerprint density at radius 1 is 0.875 bits per heavy atom. The highest BCUT2D eigenvalue weighted by atomic mass is 16.5. The molecule has 0 aromatic heterocycles. The number of hydrogen-bond donors (Lipinski definition) is 0.